The molecule has 2 heterocycles. The zero-order valence-corrected chi connectivity index (χ0v) is 13.9. The van der Waals surface area contributed by atoms with Crippen molar-refractivity contribution in [2.24, 2.45) is 0 Å². The molecule has 1 saturated heterocycles. The fourth-order valence-electron chi connectivity index (χ4n) is 2.78. The minimum Gasteiger partial charge on any atom is -0.477 e. The lowest BCUT2D eigenvalue weighted by Gasteiger charge is -2.32. The third-order valence-electron chi connectivity index (χ3n) is 4.03. The van der Waals surface area contributed by atoms with Crippen LogP contribution >= 0.6 is 0 Å². The van der Waals surface area contributed by atoms with Crippen molar-refractivity contribution in [1.29, 1.82) is 5.26 Å². The number of carbonyl (C=O) groups is 1. The maximum absolute atomic E-state index is 12.7. The molecule has 128 valence electrons. The van der Waals surface area contributed by atoms with E-state index in [0.717, 1.165) is 12.8 Å². The Kier molecular flexibility index (Phi) is 5.09. The smallest absolute Gasteiger partial charge is 0.278 e. The molecule has 1 unspecified atom stereocenters. The van der Waals surface area contributed by atoms with E-state index in [1.807, 2.05) is 6.07 Å². The van der Waals surface area contributed by atoms with Crippen LogP contribution in [0.4, 0.5) is 0 Å². The van der Waals surface area contributed by atoms with Crippen LogP contribution in [0.5, 0.6) is 11.8 Å². The zero-order chi connectivity index (χ0) is 17.6. The quantitative estimate of drug-likeness (QED) is 0.847. The third-order valence-corrected chi connectivity index (χ3v) is 4.03. The number of ether oxygens (including phenoxy) is 2. The second-order valence-electron chi connectivity index (χ2n) is 5.69. The van der Waals surface area contributed by atoms with Crippen molar-refractivity contribution in [3.8, 4) is 17.8 Å². The predicted octanol–water partition coefficient (Wildman–Crippen LogP) is 2.04. The summed E-state index contributed by atoms with van der Waals surface area (Å²) in [5, 5.41) is 8.85. The summed E-state index contributed by atoms with van der Waals surface area (Å²) < 4.78 is 11.0. The lowest BCUT2D eigenvalue weighted by atomic mass is 10.1. The molecule has 7 heteroatoms. The zero-order valence-electron chi connectivity index (χ0n) is 13.9. The number of rotatable bonds is 4. The van der Waals surface area contributed by atoms with Gasteiger partial charge in [-0.1, -0.05) is 0 Å². The summed E-state index contributed by atoms with van der Waals surface area (Å²) in [7, 11) is 1.51. The molecule has 1 aromatic carbocycles. The number of amides is 1. The van der Waals surface area contributed by atoms with Gasteiger partial charge in [0.05, 0.1) is 25.3 Å². The molecule has 1 aliphatic heterocycles. The summed E-state index contributed by atoms with van der Waals surface area (Å²) in [5.41, 5.74) is 1.10. The van der Waals surface area contributed by atoms with Crippen molar-refractivity contribution in [1.82, 2.24) is 14.9 Å². The summed E-state index contributed by atoms with van der Waals surface area (Å²) in [5.74, 6) is 0.601. The van der Waals surface area contributed by atoms with E-state index < -0.39 is 0 Å². The van der Waals surface area contributed by atoms with Gasteiger partial charge in [0.1, 0.15) is 6.10 Å². The van der Waals surface area contributed by atoms with Crippen LogP contribution < -0.4 is 9.47 Å². The molecule has 0 saturated carbocycles. The number of nitriles is 1. The molecular weight excluding hydrogens is 320 g/mol. The Morgan fingerprint density at radius 2 is 1.96 bits per heavy atom. The van der Waals surface area contributed by atoms with Gasteiger partial charge < -0.3 is 14.4 Å². The highest BCUT2D eigenvalue weighted by molar-refractivity contribution is 5.94. The van der Waals surface area contributed by atoms with E-state index in [-0.39, 0.29) is 12.0 Å². The van der Waals surface area contributed by atoms with E-state index in [4.69, 9.17) is 14.7 Å². The van der Waals surface area contributed by atoms with Crippen LogP contribution in [0, 0.1) is 11.3 Å². The molecule has 1 atom stereocenters. The van der Waals surface area contributed by atoms with Crippen molar-refractivity contribution in [3.05, 3.63) is 47.8 Å². The van der Waals surface area contributed by atoms with E-state index in [1.54, 1.807) is 35.4 Å². The van der Waals surface area contributed by atoms with Gasteiger partial charge in [-0.15, -0.1) is 0 Å². The normalized spacial score (nSPS) is 16.8. The van der Waals surface area contributed by atoms with Crippen LogP contribution in [0.2, 0.25) is 0 Å². The highest BCUT2D eigenvalue weighted by atomic mass is 16.5. The first-order valence-electron chi connectivity index (χ1n) is 8.02. The number of nitrogens with zero attached hydrogens (tertiary/aromatic N) is 4. The number of benzene rings is 1. The lowest BCUT2D eigenvalue weighted by Crippen LogP contribution is -2.44. The first-order valence-corrected chi connectivity index (χ1v) is 8.02. The minimum atomic E-state index is -0.165. The summed E-state index contributed by atoms with van der Waals surface area (Å²) in [4.78, 5) is 22.6. The number of carbonyl (C=O) groups excluding carboxylic acids is 1. The second-order valence-corrected chi connectivity index (χ2v) is 5.69. The molecule has 0 radical (unpaired) electrons. The van der Waals surface area contributed by atoms with Gasteiger partial charge >= 0.3 is 0 Å². The van der Waals surface area contributed by atoms with Crippen molar-refractivity contribution in [2.45, 2.75) is 18.9 Å². The van der Waals surface area contributed by atoms with E-state index in [9.17, 15) is 4.79 Å². The Labute approximate surface area is 145 Å². The molecule has 1 amide bonds. The number of aromatic nitrogens is 2. The molecule has 0 spiro atoms. The van der Waals surface area contributed by atoms with E-state index in [0.29, 0.717) is 36.0 Å². The second kappa shape index (κ2) is 7.62. The SMILES string of the molecule is COc1nccnc1OC1CCCN(C(=O)c2ccc(C#N)cc2)C1. The Hall–Kier alpha value is -3.14. The van der Waals surface area contributed by atoms with Crippen molar-refractivity contribution in [3.63, 3.8) is 0 Å². The molecule has 3 rings (SSSR count). The average molecular weight is 338 g/mol. The Balaban J connectivity index is 1.68. The van der Waals surface area contributed by atoms with Gasteiger partial charge in [0.2, 0.25) is 0 Å². The summed E-state index contributed by atoms with van der Waals surface area (Å²) >= 11 is 0. The molecule has 2 aromatic rings. The van der Waals surface area contributed by atoms with E-state index >= 15 is 0 Å². The first-order chi connectivity index (χ1) is 12.2. The molecule has 1 aromatic heterocycles. The number of hydrogen-bond donors (Lipinski definition) is 0. The lowest BCUT2D eigenvalue weighted by molar-refractivity contribution is 0.0519. The molecule has 1 aliphatic rings. The van der Waals surface area contributed by atoms with E-state index in [2.05, 4.69) is 9.97 Å². The monoisotopic (exact) mass is 338 g/mol. The van der Waals surface area contributed by atoms with Gasteiger partial charge in [0.15, 0.2) is 0 Å². The number of methoxy groups -OCH3 is 1. The van der Waals surface area contributed by atoms with Crippen LogP contribution in [0.25, 0.3) is 0 Å². The van der Waals surface area contributed by atoms with Crippen LogP contribution in [-0.2, 0) is 0 Å². The molecule has 0 aliphatic carbocycles. The summed E-state index contributed by atoms with van der Waals surface area (Å²) in [6, 6.07) is 8.70. The van der Waals surface area contributed by atoms with Crippen LogP contribution in [-0.4, -0.2) is 47.1 Å². The Morgan fingerprint density at radius 1 is 1.24 bits per heavy atom. The number of likely N-dealkylation sites (tertiary alicyclic amines) is 1. The van der Waals surface area contributed by atoms with Gasteiger partial charge in [-0.2, -0.15) is 5.26 Å². The molecule has 0 bridgehead atoms. The van der Waals surface area contributed by atoms with Gasteiger partial charge in [0, 0.05) is 24.5 Å². The van der Waals surface area contributed by atoms with E-state index in [1.165, 1.54) is 13.3 Å². The van der Waals surface area contributed by atoms with Crippen LogP contribution in [0.15, 0.2) is 36.7 Å². The standard InChI is InChI=1S/C18H18N4O3/c1-24-16-17(21-9-8-20-16)25-15-3-2-10-22(12-15)18(23)14-6-4-13(11-19)5-7-14/h4-9,15H,2-3,10,12H2,1H3. The maximum Gasteiger partial charge on any atom is 0.278 e. The average Bonchev–Trinajstić information content (AvgIpc) is 2.68. The van der Waals surface area contributed by atoms with Crippen molar-refractivity contribution >= 4 is 5.91 Å². The molecular formula is C18H18N4O3. The van der Waals surface area contributed by atoms with Gasteiger partial charge in [-0.05, 0) is 37.1 Å². The highest BCUT2D eigenvalue weighted by Crippen LogP contribution is 2.24. The fraction of sp³-hybridized carbons (Fsp3) is 0.333. The number of piperidine rings is 1. The van der Waals surface area contributed by atoms with Gasteiger partial charge in [-0.3, -0.25) is 4.79 Å². The fourth-order valence-corrected chi connectivity index (χ4v) is 2.78. The van der Waals surface area contributed by atoms with Gasteiger partial charge in [-0.25, -0.2) is 9.97 Å². The summed E-state index contributed by atoms with van der Waals surface area (Å²) in [6.45, 7) is 1.15. The number of hydrogen-bond acceptors (Lipinski definition) is 6. The molecule has 1 fully saturated rings. The first kappa shape index (κ1) is 16.7. The van der Waals surface area contributed by atoms with Crippen LogP contribution in [0.3, 0.4) is 0 Å². The van der Waals surface area contributed by atoms with Crippen molar-refractivity contribution in [2.75, 3.05) is 20.2 Å². The molecule has 0 N–H and O–H groups in total. The largest absolute Gasteiger partial charge is 0.477 e. The minimum absolute atomic E-state index is 0.0658. The Morgan fingerprint density at radius 3 is 2.64 bits per heavy atom. The van der Waals surface area contributed by atoms with Crippen molar-refractivity contribution < 1.29 is 14.3 Å². The molecule has 7 nitrogen and oxygen atoms in total. The third kappa shape index (κ3) is 3.86. The summed E-state index contributed by atoms with van der Waals surface area (Å²) in [6.07, 6.45) is 4.58. The topological polar surface area (TPSA) is 88.3 Å². The Bertz CT molecular complexity index is 786. The highest BCUT2D eigenvalue weighted by Gasteiger charge is 2.27. The maximum atomic E-state index is 12.7. The van der Waals surface area contributed by atoms with Gasteiger partial charge in [0.25, 0.3) is 17.7 Å². The molecule has 25 heavy (non-hydrogen) atoms. The predicted molar refractivity (Wildman–Crippen MR) is 89.3 cm³/mol. The van der Waals surface area contributed by atoms with Crippen LogP contribution in [0.1, 0.15) is 28.8 Å².